The lowest BCUT2D eigenvalue weighted by molar-refractivity contribution is 0.581. The number of aromatic nitrogens is 3. The first-order valence-corrected chi connectivity index (χ1v) is 23.9. The largest absolute Gasteiger partial charge is 0.215 e. The summed E-state index contributed by atoms with van der Waals surface area (Å²) in [5, 5.41) is 0. The molecule has 0 saturated carbocycles. The number of hydrogen-bond donors (Lipinski definition) is 0. The lowest BCUT2D eigenvalue weighted by Crippen LogP contribution is -2.40. The molecule has 14 rings (SSSR count). The second-order valence-electron chi connectivity index (χ2n) is 18.5. The molecule has 3 aliphatic carbocycles. The molecule has 0 aliphatic heterocycles. The van der Waals surface area contributed by atoms with Crippen LogP contribution in [0.4, 0.5) is 0 Å². The van der Waals surface area contributed by atoms with Gasteiger partial charge in [-0.2, -0.15) is 0 Å². The summed E-state index contributed by atoms with van der Waals surface area (Å²) in [5.41, 5.74) is 16.7. The molecule has 3 nitrogen and oxygen atoms in total. The molecule has 0 unspecified atom stereocenters. The van der Waals surface area contributed by atoms with E-state index in [4.69, 9.17) is 15.0 Å². The van der Waals surface area contributed by atoms with E-state index in [-0.39, 0.29) is 0 Å². The Hall–Kier alpha value is -8.79. The van der Waals surface area contributed by atoms with Gasteiger partial charge in [-0.1, -0.05) is 261 Å². The molecule has 69 heavy (non-hydrogen) atoms. The third-order valence-corrected chi connectivity index (χ3v) is 15.3. The van der Waals surface area contributed by atoms with Crippen LogP contribution in [-0.2, 0) is 16.2 Å². The molecule has 0 radical (unpaired) electrons. The van der Waals surface area contributed by atoms with Crippen molar-refractivity contribution >= 4 is 0 Å². The van der Waals surface area contributed by atoms with Crippen molar-refractivity contribution in [1.82, 2.24) is 15.0 Å². The number of benzene rings is 10. The first-order valence-electron chi connectivity index (χ1n) is 23.9. The van der Waals surface area contributed by atoms with E-state index in [2.05, 4.69) is 261 Å². The minimum atomic E-state index is -0.958. The molecule has 11 aromatic rings. The monoisotopic (exact) mass is 877 g/mol. The van der Waals surface area contributed by atoms with Crippen molar-refractivity contribution in [3.8, 4) is 44.5 Å². The third-order valence-electron chi connectivity index (χ3n) is 15.3. The van der Waals surface area contributed by atoms with Crippen LogP contribution in [0.3, 0.4) is 0 Å². The highest BCUT2D eigenvalue weighted by molar-refractivity contribution is 5.89. The van der Waals surface area contributed by atoms with Gasteiger partial charge in [0.05, 0.1) is 0 Å². The van der Waals surface area contributed by atoms with E-state index in [0.717, 1.165) is 55.6 Å². The van der Waals surface area contributed by atoms with Gasteiger partial charge in [0.15, 0.2) is 17.5 Å². The van der Waals surface area contributed by atoms with Crippen molar-refractivity contribution in [3.05, 3.63) is 328 Å². The average Bonchev–Trinajstić information content (AvgIpc) is 4.03. The molecule has 0 fully saturated rings. The quantitative estimate of drug-likeness (QED) is 0.160. The molecule has 0 amide bonds. The number of hydrogen-bond acceptors (Lipinski definition) is 3. The van der Waals surface area contributed by atoms with Crippen molar-refractivity contribution in [2.45, 2.75) is 16.2 Å². The van der Waals surface area contributed by atoms with Gasteiger partial charge in [-0.25, -0.2) is 15.0 Å². The predicted molar refractivity (Wildman–Crippen MR) is 277 cm³/mol. The predicted octanol–water partition coefficient (Wildman–Crippen LogP) is 14.6. The fraction of sp³-hybridized carbons (Fsp3) is 0.0455. The van der Waals surface area contributed by atoms with Gasteiger partial charge in [-0.3, -0.25) is 0 Å². The molecular weight excluding hydrogens is 835 g/mol. The maximum Gasteiger partial charge on any atom is 0.152 e. The van der Waals surface area contributed by atoms with Crippen LogP contribution in [0.2, 0.25) is 0 Å². The summed E-state index contributed by atoms with van der Waals surface area (Å²) in [4.78, 5) is 18.4. The molecule has 0 saturated heterocycles. The number of rotatable bonds is 7. The fourth-order valence-electron chi connectivity index (χ4n) is 12.5. The van der Waals surface area contributed by atoms with E-state index in [9.17, 15) is 0 Å². The van der Waals surface area contributed by atoms with Crippen LogP contribution in [0.25, 0.3) is 44.5 Å². The zero-order valence-corrected chi connectivity index (χ0v) is 37.7. The van der Waals surface area contributed by atoms with Gasteiger partial charge < -0.3 is 0 Å². The summed E-state index contributed by atoms with van der Waals surface area (Å²) in [6.45, 7) is 0. The molecule has 10 aromatic carbocycles. The second kappa shape index (κ2) is 15.1. The Morgan fingerprint density at radius 3 is 0.696 bits per heavy atom. The zero-order chi connectivity index (χ0) is 45.6. The van der Waals surface area contributed by atoms with Crippen molar-refractivity contribution in [1.29, 1.82) is 0 Å². The first kappa shape index (κ1) is 39.4. The Kier molecular flexibility index (Phi) is 8.63. The number of fused-ring (bicyclic) bond motifs is 9. The molecule has 0 bridgehead atoms. The van der Waals surface area contributed by atoms with Gasteiger partial charge in [0, 0.05) is 0 Å². The van der Waals surface area contributed by atoms with Gasteiger partial charge in [-0.05, 0) is 94.6 Å². The molecule has 3 heteroatoms. The van der Waals surface area contributed by atoms with Crippen LogP contribution in [0.15, 0.2) is 261 Å². The zero-order valence-electron chi connectivity index (χ0n) is 37.7. The molecule has 3 aliphatic rings. The lowest BCUT2D eigenvalue weighted by Gasteiger charge is -2.38. The molecule has 0 atom stereocenters. The van der Waals surface area contributed by atoms with Crippen LogP contribution in [0.1, 0.15) is 67.5 Å². The molecule has 1 aromatic heterocycles. The highest BCUT2D eigenvalue weighted by atomic mass is 15.1. The summed E-state index contributed by atoms with van der Waals surface area (Å²) in [6.07, 6.45) is 0. The maximum atomic E-state index is 6.16. The van der Waals surface area contributed by atoms with Crippen molar-refractivity contribution in [3.63, 3.8) is 0 Å². The van der Waals surface area contributed by atoms with E-state index < -0.39 is 16.2 Å². The molecular formula is C66H43N3. The standard InChI is InChI=1S/C66H43N3/c1-4-22-44(23-5-1)45-40-42-48(43-41-45)66(59-38-20-14-32-53(59)54-33-15-21-39-60(54)66)63-68-61(64(46-24-6-2-7-25-46)55-34-16-10-28-49(55)50-29-11-17-35-56(50)64)67-62(69-63)65(47-26-8-3-9-27-47)57-36-18-12-30-51(57)52-31-13-19-37-58(52)65/h1-43H. The molecule has 0 spiro atoms. The molecule has 0 N–H and O–H groups in total. The normalized spacial score (nSPS) is 14.7. The van der Waals surface area contributed by atoms with Gasteiger partial charge >= 0.3 is 0 Å². The second-order valence-corrected chi connectivity index (χ2v) is 18.5. The summed E-state index contributed by atoms with van der Waals surface area (Å²) in [5.74, 6) is 2.05. The van der Waals surface area contributed by atoms with Crippen LogP contribution in [0, 0.1) is 0 Å². The Bertz CT molecular complexity index is 3490. The van der Waals surface area contributed by atoms with E-state index in [1.807, 2.05) is 0 Å². The Balaban J connectivity index is 1.19. The summed E-state index contributed by atoms with van der Waals surface area (Å²) in [7, 11) is 0. The minimum absolute atomic E-state index is 0.682. The summed E-state index contributed by atoms with van der Waals surface area (Å²) >= 11 is 0. The van der Waals surface area contributed by atoms with Crippen LogP contribution in [-0.4, -0.2) is 15.0 Å². The summed E-state index contributed by atoms with van der Waals surface area (Å²) < 4.78 is 0. The van der Waals surface area contributed by atoms with E-state index in [0.29, 0.717) is 17.5 Å². The summed E-state index contributed by atoms with van der Waals surface area (Å²) in [6, 6.07) is 94.9. The lowest BCUT2D eigenvalue weighted by atomic mass is 9.68. The molecule has 322 valence electrons. The maximum absolute atomic E-state index is 6.16. The third kappa shape index (κ3) is 5.30. The number of nitrogens with zero attached hydrogens (tertiary/aromatic N) is 3. The highest BCUT2D eigenvalue weighted by Gasteiger charge is 2.55. The highest BCUT2D eigenvalue weighted by Crippen LogP contribution is 2.60. The van der Waals surface area contributed by atoms with Crippen molar-refractivity contribution in [2.75, 3.05) is 0 Å². The molecule has 1 heterocycles. The average molecular weight is 878 g/mol. The van der Waals surface area contributed by atoms with Crippen molar-refractivity contribution < 1.29 is 0 Å². The van der Waals surface area contributed by atoms with Gasteiger partial charge in [-0.15, -0.1) is 0 Å². The Labute approximate surface area is 402 Å². The first-order chi connectivity index (χ1) is 34.2. The fourth-order valence-corrected chi connectivity index (χ4v) is 12.5. The Morgan fingerprint density at radius 2 is 0.406 bits per heavy atom. The topological polar surface area (TPSA) is 38.7 Å². The van der Waals surface area contributed by atoms with E-state index >= 15 is 0 Å². The van der Waals surface area contributed by atoms with Gasteiger partial charge in [0.2, 0.25) is 0 Å². The van der Waals surface area contributed by atoms with Crippen molar-refractivity contribution in [2.24, 2.45) is 0 Å². The van der Waals surface area contributed by atoms with Crippen LogP contribution < -0.4 is 0 Å². The van der Waals surface area contributed by atoms with Crippen LogP contribution >= 0.6 is 0 Å². The van der Waals surface area contributed by atoms with E-state index in [1.54, 1.807) is 0 Å². The SMILES string of the molecule is c1ccc(-c2ccc(C3(c4nc(C5(c6ccccc6)c6ccccc6-c6ccccc65)nc(C5(c6ccccc6)c6ccccc6-c6ccccc65)n4)c4ccccc4-c4ccccc43)cc2)cc1. The minimum Gasteiger partial charge on any atom is -0.215 e. The van der Waals surface area contributed by atoms with Gasteiger partial charge in [0.25, 0.3) is 0 Å². The Morgan fingerprint density at radius 1 is 0.188 bits per heavy atom. The van der Waals surface area contributed by atoms with Crippen LogP contribution in [0.5, 0.6) is 0 Å². The van der Waals surface area contributed by atoms with Gasteiger partial charge in [0.1, 0.15) is 16.2 Å². The van der Waals surface area contributed by atoms with E-state index in [1.165, 1.54) is 38.9 Å². The smallest absolute Gasteiger partial charge is 0.152 e.